The van der Waals surface area contributed by atoms with Crippen LogP contribution in [0.15, 0.2) is 12.7 Å². The van der Waals surface area contributed by atoms with Gasteiger partial charge in [0.2, 0.25) is 0 Å². The Bertz CT molecular complexity index is 368. The molecule has 0 aliphatic heterocycles. The van der Waals surface area contributed by atoms with Gasteiger partial charge in [-0.3, -0.25) is 9.48 Å². The number of hydrogen-bond acceptors (Lipinski definition) is 4. The van der Waals surface area contributed by atoms with E-state index in [0.717, 1.165) is 0 Å². The van der Waals surface area contributed by atoms with Gasteiger partial charge >= 0.3 is 0 Å². The normalized spacial score (nSPS) is 18.6. The van der Waals surface area contributed by atoms with Gasteiger partial charge in [-0.1, -0.05) is 0 Å². The molecule has 1 heterocycles. The molecule has 1 saturated carbocycles. The van der Waals surface area contributed by atoms with Crippen molar-refractivity contribution in [2.45, 2.75) is 25.8 Å². The van der Waals surface area contributed by atoms with Crippen LogP contribution in [-0.4, -0.2) is 20.5 Å². The van der Waals surface area contributed by atoms with Gasteiger partial charge < -0.3 is 0 Å². The first kappa shape index (κ1) is 8.88. The lowest BCUT2D eigenvalue weighted by atomic mass is 9.67. The fraction of sp³-hybridized carbons (Fsp3) is 0.556. The minimum Gasteiger partial charge on any atom is -0.300 e. The summed E-state index contributed by atoms with van der Waals surface area (Å²) in [5, 5.41) is 12.9. The molecular formula is C9H10N4O. The van der Waals surface area contributed by atoms with Crippen LogP contribution in [0.25, 0.3) is 0 Å². The average molecular weight is 190 g/mol. The van der Waals surface area contributed by atoms with Crippen LogP contribution in [0, 0.1) is 16.7 Å². The van der Waals surface area contributed by atoms with Gasteiger partial charge in [0.15, 0.2) is 0 Å². The Morgan fingerprint density at radius 3 is 2.93 bits per heavy atom. The molecule has 1 aliphatic rings. The van der Waals surface area contributed by atoms with Gasteiger partial charge in [0.1, 0.15) is 18.4 Å². The Hall–Kier alpha value is -1.70. The smallest absolute Gasteiger partial charge is 0.137 e. The van der Waals surface area contributed by atoms with E-state index in [2.05, 4.69) is 16.2 Å². The van der Waals surface area contributed by atoms with Gasteiger partial charge in [0.05, 0.1) is 11.5 Å². The topological polar surface area (TPSA) is 71.6 Å². The Kier molecular flexibility index (Phi) is 2.04. The van der Waals surface area contributed by atoms with E-state index in [4.69, 9.17) is 5.26 Å². The maximum Gasteiger partial charge on any atom is 0.137 e. The SMILES string of the molecule is N#CC1(CCn2cncn2)CC(=O)C1. The highest BCUT2D eigenvalue weighted by Gasteiger charge is 2.43. The summed E-state index contributed by atoms with van der Waals surface area (Å²) < 4.78 is 1.68. The van der Waals surface area contributed by atoms with Gasteiger partial charge in [0, 0.05) is 19.4 Å². The molecule has 2 rings (SSSR count). The summed E-state index contributed by atoms with van der Waals surface area (Å²) in [6.45, 7) is 0.654. The van der Waals surface area contributed by atoms with Crippen LogP contribution < -0.4 is 0 Å². The molecule has 0 radical (unpaired) electrons. The summed E-state index contributed by atoms with van der Waals surface area (Å²) in [4.78, 5) is 14.7. The molecule has 0 spiro atoms. The Labute approximate surface area is 81.4 Å². The van der Waals surface area contributed by atoms with Crippen LogP contribution in [0.5, 0.6) is 0 Å². The standard InChI is InChI=1S/C9H10N4O/c10-5-9(3-8(14)4-9)1-2-13-7-11-6-12-13/h6-7H,1-4H2. The van der Waals surface area contributed by atoms with E-state index in [1.807, 2.05) is 0 Å². The zero-order valence-corrected chi connectivity index (χ0v) is 7.68. The third kappa shape index (κ3) is 1.51. The second-order valence-electron chi connectivity index (χ2n) is 3.69. The van der Waals surface area contributed by atoms with Crippen LogP contribution in [0.1, 0.15) is 19.3 Å². The number of ketones is 1. The number of nitriles is 1. The third-order valence-corrected chi connectivity index (χ3v) is 2.59. The highest BCUT2D eigenvalue weighted by Crippen LogP contribution is 2.40. The lowest BCUT2D eigenvalue weighted by Crippen LogP contribution is -2.37. The Morgan fingerprint density at radius 2 is 2.43 bits per heavy atom. The van der Waals surface area contributed by atoms with E-state index in [-0.39, 0.29) is 5.78 Å². The first-order chi connectivity index (χ1) is 6.74. The van der Waals surface area contributed by atoms with Crippen LogP contribution >= 0.6 is 0 Å². The quantitative estimate of drug-likeness (QED) is 0.697. The van der Waals surface area contributed by atoms with Crippen molar-refractivity contribution in [1.82, 2.24) is 14.8 Å². The molecule has 1 aromatic rings. The summed E-state index contributed by atoms with van der Waals surface area (Å²) in [5.74, 6) is 0.185. The van der Waals surface area contributed by atoms with E-state index in [1.165, 1.54) is 6.33 Å². The van der Waals surface area contributed by atoms with Gasteiger partial charge in [-0.05, 0) is 6.42 Å². The van der Waals surface area contributed by atoms with Crippen molar-refractivity contribution in [1.29, 1.82) is 5.26 Å². The molecule has 1 aliphatic carbocycles. The van der Waals surface area contributed by atoms with Crippen LogP contribution in [0.2, 0.25) is 0 Å². The van der Waals surface area contributed by atoms with Crippen molar-refractivity contribution >= 4 is 5.78 Å². The Morgan fingerprint density at radius 1 is 1.64 bits per heavy atom. The fourth-order valence-electron chi connectivity index (χ4n) is 1.69. The molecule has 0 unspecified atom stereocenters. The molecule has 1 aromatic heterocycles. The number of rotatable bonds is 3. The van der Waals surface area contributed by atoms with Crippen molar-refractivity contribution in [3.8, 4) is 6.07 Å². The maximum atomic E-state index is 10.8. The van der Waals surface area contributed by atoms with Gasteiger partial charge in [0.25, 0.3) is 0 Å². The summed E-state index contributed by atoms with van der Waals surface area (Å²) >= 11 is 0. The van der Waals surface area contributed by atoms with Crippen molar-refractivity contribution in [2.75, 3.05) is 0 Å². The molecule has 0 amide bonds. The first-order valence-electron chi connectivity index (χ1n) is 4.49. The van der Waals surface area contributed by atoms with Crippen LogP contribution in [0.3, 0.4) is 0 Å². The number of Topliss-reactive ketones (excluding diaryl/α,β-unsaturated/α-hetero) is 1. The molecule has 0 N–H and O–H groups in total. The number of nitrogens with zero attached hydrogens (tertiary/aromatic N) is 4. The first-order valence-corrected chi connectivity index (χ1v) is 4.49. The number of hydrogen-bond donors (Lipinski definition) is 0. The highest BCUT2D eigenvalue weighted by molar-refractivity contribution is 5.87. The predicted octanol–water partition coefficient (Wildman–Crippen LogP) is 0.541. The van der Waals surface area contributed by atoms with E-state index in [0.29, 0.717) is 25.8 Å². The number of carbonyl (C=O) groups excluding carboxylic acids is 1. The predicted molar refractivity (Wildman–Crippen MR) is 46.9 cm³/mol. The van der Waals surface area contributed by atoms with Gasteiger partial charge in [-0.15, -0.1) is 0 Å². The van der Waals surface area contributed by atoms with E-state index in [1.54, 1.807) is 11.0 Å². The van der Waals surface area contributed by atoms with Crippen molar-refractivity contribution in [2.24, 2.45) is 5.41 Å². The molecule has 0 bridgehead atoms. The molecule has 0 atom stereocenters. The van der Waals surface area contributed by atoms with E-state index < -0.39 is 5.41 Å². The van der Waals surface area contributed by atoms with Crippen molar-refractivity contribution in [3.05, 3.63) is 12.7 Å². The summed E-state index contributed by atoms with van der Waals surface area (Å²) in [7, 11) is 0. The molecule has 1 fully saturated rings. The minimum absolute atomic E-state index is 0.185. The maximum absolute atomic E-state index is 10.8. The second-order valence-corrected chi connectivity index (χ2v) is 3.69. The lowest BCUT2D eigenvalue weighted by Gasteiger charge is -2.33. The number of aryl methyl sites for hydroxylation is 1. The summed E-state index contributed by atoms with van der Waals surface area (Å²) in [6.07, 6.45) is 4.56. The molecule has 0 saturated heterocycles. The summed E-state index contributed by atoms with van der Waals surface area (Å²) in [5.41, 5.74) is -0.428. The monoisotopic (exact) mass is 190 g/mol. The second kappa shape index (κ2) is 3.22. The van der Waals surface area contributed by atoms with Gasteiger partial charge in [-0.2, -0.15) is 10.4 Å². The van der Waals surface area contributed by atoms with Crippen molar-refractivity contribution in [3.63, 3.8) is 0 Å². The Balaban J connectivity index is 1.92. The fourth-order valence-corrected chi connectivity index (χ4v) is 1.69. The van der Waals surface area contributed by atoms with Crippen LogP contribution in [0.4, 0.5) is 0 Å². The third-order valence-electron chi connectivity index (χ3n) is 2.59. The molecule has 5 nitrogen and oxygen atoms in total. The average Bonchev–Trinajstić information content (AvgIpc) is 2.63. The zero-order chi connectivity index (χ0) is 10.0. The zero-order valence-electron chi connectivity index (χ0n) is 7.68. The number of aromatic nitrogens is 3. The number of carbonyl (C=O) groups is 1. The molecule has 72 valence electrons. The van der Waals surface area contributed by atoms with Gasteiger partial charge in [-0.25, -0.2) is 4.98 Å². The van der Waals surface area contributed by atoms with E-state index in [9.17, 15) is 4.79 Å². The lowest BCUT2D eigenvalue weighted by molar-refractivity contribution is -0.130. The molecule has 0 aromatic carbocycles. The van der Waals surface area contributed by atoms with E-state index >= 15 is 0 Å². The minimum atomic E-state index is -0.428. The molecule has 5 heteroatoms. The van der Waals surface area contributed by atoms with Crippen LogP contribution in [-0.2, 0) is 11.3 Å². The molecule has 14 heavy (non-hydrogen) atoms. The van der Waals surface area contributed by atoms with Crippen molar-refractivity contribution < 1.29 is 4.79 Å². The largest absolute Gasteiger partial charge is 0.300 e. The highest BCUT2D eigenvalue weighted by atomic mass is 16.1. The summed E-state index contributed by atoms with van der Waals surface area (Å²) in [6, 6.07) is 2.23. The molecular weight excluding hydrogens is 180 g/mol.